The van der Waals surface area contributed by atoms with Gasteiger partial charge in [-0.3, -0.25) is 0 Å². The van der Waals surface area contributed by atoms with Gasteiger partial charge in [-0.2, -0.15) is 0 Å². The van der Waals surface area contributed by atoms with Gasteiger partial charge in [0, 0.05) is 17.8 Å². The number of ether oxygens (including phenoxy) is 2. The van der Waals surface area contributed by atoms with Gasteiger partial charge < -0.3 is 19.5 Å². The molecule has 4 aromatic carbocycles. The van der Waals surface area contributed by atoms with Crippen LogP contribution in [0.4, 0.5) is 9.18 Å². The van der Waals surface area contributed by atoms with Gasteiger partial charge in [0.05, 0.1) is 19.3 Å². The molecule has 1 aliphatic rings. The predicted molar refractivity (Wildman–Crippen MR) is 142 cm³/mol. The fraction of sp³-hybridized carbons (Fsp3) is 0.258. The molecule has 5 rings (SSSR count). The van der Waals surface area contributed by atoms with E-state index in [-0.39, 0.29) is 18.6 Å². The Labute approximate surface area is 216 Å². The fourth-order valence-corrected chi connectivity index (χ4v) is 5.02. The largest absolute Gasteiger partial charge is 0.488 e. The first kappa shape index (κ1) is 24.8. The fourth-order valence-electron chi connectivity index (χ4n) is 5.02. The Morgan fingerprint density at radius 1 is 0.892 bits per heavy atom. The lowest BCUT2D eigenvalue weighted by Gasteiger charge is -2.37. The van der Waals surface area contributed by atoms with Crippen LogP contribution in [0, 0.1) is 0 Å². The molecule has 1 heterocycles. The zero-order chi connectivity index (χ0) is 25.6. The lowest BCUT2D eigenvalue weighted by Crippen LogP contribution is -2.46. The number of halogens is 1. The number of hydrogen-bond donors (Lipinski definition) is 1. The molecule has 0 aromatic heterocycles. The van der Waals surface area contributed by atoms with Crippen LogP contribution in [0.15, 0.2) is 91.0 Å². The Morgan fingerprint density at radius 2 is 1.68 bits per heavy atom. The molecule has 1 saturated heterocycles. The quantitative estimate of drug-likeness (QED) is 0.285. The molecule has 0 radical (unpaired) electrons. The predicted octanol–water partition coefficient (Wildman–Crippen LogP) is 6.94. The third kappa shape index (κ3) is 5.92. The van der Waals surface area contributed by atoms with Crippen LogP contribution in [0.1, 0.15) is 34.6 Å². The Hall–Kier alpha value is -3.90. The van der Waals surface area contributed by atoms with E-state index in [0.717, 1.165) is 33.2 Å². The summed E-state index contributed by atoms with van der Waals surface area (Å²) in [5.41, 5.74) is 3.63. The van der Waals surface area contributed by atoms with E-state index in [2.05, 4.69) is 6.07 Å². The highest BCUT2D eigenvalue weighted by Gasteiger charge is 2.33. The lowest BCUT2D eigenvalue weighted by molar-refractivity contribution is -0.0199. The molecular formula is C31H30FNO4. The van der Waals surface area contributed by atoms with Gasteiger partial charge in [0.25, 0.3) is 0 Å². The standard InChI is InChI=1S/C31H30FNO4/c32-18-23-9-6-11-26(15-23)28-13-14-33(31(34)35)19-30(28)37-21-24-16-25-10-4-5-12-27(25)29(17-24)36-20-22-7-2-1-3-8-22/h1-12,15-17,28,30H,13-14,18-21H2,(H,34,35). The van der Waals surface area contributed by atoms with Crippen LogP contribution in [0.5, 0.6) is 5.75 Å². The van der Waals surface area contributed by atoms with Crippen molar-refractivity contribution in [2.75, 3.05) is 13.1 Å². The summed E-state index contributed by atoms with van der Waals surface area (Å²) in [7, 11) is 0. The Morgan fingerprint density at radius 3 is 2.49 bits per heavy atom. The van der Waals surface area contributed by atoms with Crippen LogP contribution >= 0.6 is 0 Å². The molecule has 5 nitrogen and oxygen atoms in total. The summed E-state index contributed by atoms with van der Waals surface area (Å²) in [5, 5.41) is 11.7. The van der Waals surface area contributed by atoms with Crippen molar-refractivity contribution in [1.82, 2.24) is 4.90 Å². The van der Waals surface area contributed by atoms with Crippen LogP contribution in [-0.2, 0) is 24.6 Å². The molecule has 1 fully saturated rings. The van der Waals surface area contributed by atoms with Crippen molar-refractivity contribution in [3.63, 3.8) is 0 Å². The van der Waals surface area contributed by atoms with E-state index in [1.807, 2.05) is 78.9 Å². The maximum absolute atomic E-state index is 13.3. The first-order valence-electron chi connectivity index (χ1n) is 12.5. The van der Waals surface area contributed by atoms with Crippen molar-refractivity contribution < 1.29 is 23.8 Å². The second-order valence-corrected chi connectivity index (χ2v) is 9.44. The van der Waals surface area contributed by atoms with Crippen LogP contribution in [0.2, 0.25) is 0 Å². The molecule has 1 amide bonds. The summed E-state index contributed by atoms with van der Waals surface area (Å²) in [5.74, 6) is 0.764. The number of carboxylic acid groups (broad SMARTS) is 1. The van der Waals surface area contributed by atoms with E-state index >= 15 is 0 Å². The minimum Gasteiger partial charge on any atom is -0.488 e. The van der Waals surface area contributed by atoms with E-state index in [9.17, 15) is 14.3 Å². The highest BCUT2D eigenvalue weighted by Crippen LogP contribution is 2.33. The number of amides is 1. The first-order valence-corrected chi connectivity index (χ1v) is 12.5. The molecule has 6 heteroatoms. The van der Waals surface area contributed by atoms with Crippen molar-refractivity contribution >= 4 is 16.9 Å². The second-order valence-electron chi connectivity index (χ2n) is 9.44. The minimum atomic E-state index is -0.952. The number of carbonyl (C=O) groups is 1. The van der Waals surface area contributed by atoms with Crippen molar-refractivity contribution in [3.8, 4) is 5.75 Å². The van der Waals surface area contributed by atoms with Gasteiger partial charge in [-0.15, -0.1) is 0 Å². The van der Waals surface area contributed by atoms with Gasteiger partial charge in [0.1, 0.15) is 19.0 Å². The summed E-state index contributed by atoms with van der Waals surface area (Å²) in [6, 6.07) is 29.6. The van der Waals surface area contributed by atoms with Crippen LogP contribution in [0.3, 0.4) is 0 Å². The maximum atomic E-state index is 13.3. The van der Waals surface area contributed by atoms with Crippen LogP contribution < -0.4 is 4.74 Å². The molecule has 2 atom stereocenters. The molecule has 1 N–H and O–H groups in total. The average Bonchev–Trinajstić information content (AvgIpc) is 2.95. The van der Waals surface area contributed by atoms with Crippen LogP contribution in [-0.4, -0.2) is 35.3 Å². The molecule has 0 saturated carbocycles. The number of benzene rings is 4. The molecule has 0 bridgehead atoms. The van der Waals surface area contributed by atoms with Crippen molar-refractivity contribution in [3.05, 3.63) is 113 Å². The van der Waals surface area contributed by atoms with E-state index < -0.39 is 12.8 Å². The lowest BCUT2D eigenvalue weighted by atomic mass is 9.86. The smallest absolute Gasteiger partial charge is 0.407 e. The van der Waals surface area contributed by atoms with Crippen LogP contribution in [0.25, 0.3) is 10.8 Å². The van der Waals surface area contributed by atoms with Gasteiger partial charge in [-0.1, -0.05) is 78.9 Å². The molecule has 0 spiro atoms. The van der Waals surface area contributed by atoms with Gasteiger partial charge in [-0.25, -0.2) is 9.18 Å². The SMILES string of the molecule is O=C(O)N1CCC(c2cccc(CF)c2)C(OCc2cc(OCc3ccccc3)c3ccccc3c2)C1. The number of alkyl halides is 1. The summed E-state index contributed by atoms with van der Waals surface area (Å²) in [4.78, 5) is 13.1. The summed E-state index contributed by atoms with van der Waals surface area (Å²) in [6.07, 6.45) is -0.678. The molecule has 37 heavy (non-hydrogen) atoms. The van der Waals surface area contributed by atoms with Gasteiger partial charge >= 0.3 is 6.09 Å². The van der Waals surface area contributed by atoms with Crippen molar-refractivity contribution in [2.45, 2.75) is 38.3 Å². The zero-order valence-electron chi connectivity index (χ0n) is 20.6. The molecule has 2 unspecified atom stereocenters. The van der Waals surface area contributed by atoms with Gasteiger partial charge in [-0.05, 0) is 46.2 Å². The molecule has 0 aliphatic carbocycles. The summed E-state index contributed by atoms with van der Waals surface area (Å²) < 4.78 is 25.9. The van der Waals surface area contributed by atoms with Gasteiger partial charge in [0.2, 0.25) is 0 Å². The highest BCUT2D eigenvalue weighted by molar-refractivity contribution is 5.89. The average molecular weight is 500 g/mol. The molecule has 1 aliphatic heterocycles. The van der Waals surface area contributed by atoms with Crippen molar-refractivity contribution in [2.24, 2.45) is 0 Å². The number of fused-ring (bicyclic) bond motifs is 1. The Balaban J connectivity index is 1.38. The Bertz CT molecular complexity index is 1360. The van der Waals surface area contributed by atoms with Gasteiger partial charge in [0.15, 0.2) is 0 Å². The molecule has 4 aromatic rings. The molecule has 190 valence electrons. The summed E-state index contributed by atoms with van der Waals surface area (Å²) >= 11 is 0. The van der Waals surface area contributed by atoms with Crippen molar-refractivity contribution in [1.29, 1.82) is 0 Å². The third-order valence-corrected chi connectivity index (χ3v) is 6.95. The van der Waals surface area contributed by atoms with E-state index in [1.165, 1.54) is 4.90 Å². The normalized spacial score (nSPS) is 17.6. The molecular weight excluding hydrogens is 469 g/mol. The van der Waals surface area contributed by atoms with E-state index in [1.54, 1.807) is 6.07 Å². The van der Waals surface area contributed by atoms with E-state index in [0.29, 0.717) is 31.7 Å². The Kier molecular flexibility index (Phi) is 7.66. The number of likely N-dealkylation sites (tertiary alicyclic amines) is 1. The monoisotopic (exact) mass is 499 g/mol. The second kappa shape index (κ2) is 11.4. The first-order chi connectivity index (χ1) is 18.1. The summed E-state index contributed by atoms with van der Waals surface area (Å²) in [6.45, 7) is 0.927. The number of nitrogens with zero attached hydrogens (tertiary/aromatic N) is 1. The number of piperidine rings is 1. The highest BCUT2D eigenvalue weighted by atomic mass is 19.1. The zero-order valence-corrected chi connectivity index (χ0v) is 20.6. The maximum Gasteiger partial charge on any atom is 0.407 e. The number of hydrogen-bond acceptors (Lipinski definition) is 3. The third-order valence-electron chi connectivity index (χ3n) is 6.95. The van der Waals surface area contributed by atoms with E-state index in [4.69, 9.17) is 9.47 Å². The minimum absolute atomic E-state index is 0.0173. The number of rotatable bonds is 8. The topological polar surface area (TPSA) is 59.0 Å².